The van der Waals surface area contributed by atoms with Crippen LogP contribution in [0.1, 0.15) is 19.3 Å². The third kappa shape index (κ3) is 3.44. The first kappa shape index (κ1) is 12.4. The number of hydrogen-bond donors (Lipinski definition) is 2. The van der Waals surface area contributed by atoms with Crippen molar-refractivity contribution in [3.63, 3.8) is 0 Å². The number of hydrogen-bond acceptors (Lipinski definition) is 4. The van der Waals surface area contributed by atoms with Crippen LogP contribution in [-0.2, 0) is 4.79 Å². The molecule has 3 N–H and O–H groups in total. The second-order valence-electron chi connectivity index (χ2n) is 4.33. The second-order valence-corrected chi connectivity index (χ2v) is 4.33. The number of aliphatic hydroxyl groups excluding tert-OH is 1. The SMILES string of the molecule is CN(C)C(O)CN1CCCCC(N)C1=O. The lowest BCUT2D eigenvalue weighted by Crippen LogP contribution is -2.48. The van der Waals surface area contributed by atoms with Gasteiger partial charge in [0.2, 0.25) is 5.91 Å². The zero-order chi connectivity index (χ0) is 11.4. The first-order valence-electron chi connectivity index (χ1n) is 5.41. The summed E-state index contributed by atoms with van der Waals surface area (Å²) in [5.74, 6) is -0.0339. The van der Waals surface area contributed by atoms with Gasteiger partial charge >= 0.3 is 0 Å². The lowest BCUT2D eigenvalue weighted by atomic mass is 10.1. The zero-order valence-corrected chi connectivity index (χ0v) is 9.52. The summed E-state index contributed by atoms with van der Waals surface area (Å²) in [6.45, 7) is 1.05. The number of carbonyl (C=O) groups excluding carboxylic acids is 1. The van der Waals surface area contributed by atoms with E-state index in [1.165, 1.54) is 0 Å². The number of aliphatic hydroxyl groups is 1. The van der Waals surface area contributed by atoms with E-state index in [9.17, 15) is 9.90 Å². The van der Waals surface area contributed by atoms with Gasteiger partial charge in [-0.3, -0.25) is 9.69 Å². The average molecular weight is 215 g/mol. The molecule has 0 aromatic carbocycles. The number of amides is 1. The molecule has 5 nitrogen and oxygen atoms in total. The van der Waals surface area contributed by atoms with E-state index < -0.39 is 6.23 Å². The van der Waals surface area contributed by atoms with Crippen LogP contribution in [0.25, 0.3) is 0 Å². The number of nitrogens with zero attached hydrogens (tertiary/aromatic N) is 2. The lowest BCUT2D eigenvalue weighted by molar-refractivity contribution is -0.135. The van der Waals surface area contributed by atoms with Gasteiger partial charge in [0.25, 0.3) is 0 Å². The molecule has 0 aromatic heterocycles. The van der Waals surface area contributed by atoms with Crippen LogP contribution in [0.15, 0.2) is 0 Å². The molecule has 0 saturated carbocycles. The van der Waals surface area contributed by atoms with Crippen LogP contribution in [-0.4, -0.2) is 60.3 Å². The molecule has 5 heteroatoms. The maximum atomic E-state index is 11.8. The van der Waals surface area contributed by atoms with Gasteiger partial charge in [0.15, 0.2) is 0 Å². The Balaban J connectivity index is 2.54. The molecule has 2 unspecified atom stereocenters. The van der Waals surface area contributed by atoms with Crippen molar-refractivity contribution >= 4 is 5.91 Å². The van der Waals surface area contributed by atoms with Crippen LogP contribution in [0.5, 0.6) is 0 Å². The Morgan fingerprint density at radius 3 is 2.87 bits per heavy atom. The summed E-state index contributed by atoms with van der Waals surface area (Å²) in [7, 11) is 3.57. The van der Waals surface area contributed by atoms with Crippen molar-refractivity contribution in [3.05, 3.63) is 0 Å². The smallest absolute Gasteiger partial charge is 0.239 e. The molecule has 0 spiro atoms. The van der Waals surface area contributed by atoms with Crippen LogP contribution in [0.2, 0.25) is 0 Å². The van der Waals surface area contributed by atoms with Crippen molar-refractivity contribution in [2.45, 2.75) is 31.5 Å². The number of likely N-dealkylation sites (N-methyl/N-ethyl adjacent to an activating group) is 1. The number of carbonyl (C=O) groups is 1. The van der Waals surface area contributed by atoms with Gasteiger partial charge in [-0.15, -0.1) is 0 Å². The quantitative estimate of drug-likeness (QED) is 0.605. The minimum absolute atomic E-state index is 0.0339. The average Bonchev–Trinajstić information content (AvgIpc) is 2.33. The number of β-amino-alcohol motifs (C(OH)–C–C–N with tert-alkyl or cyclic N) is 1. The van der Waals surface area contributed by atoms with Gasteiger partial charge in [-0.05, 0) is 33.4 Å². The van der Waals surface area contributed by atoms with Gasteiger partial charge < -0.3 is 15.7 Å². The summed E-state index contributed by atoms with van der Waals surface area (Å²) in [6, 6.07) is -0.387. The first-order valence-corrected chi connectivity index (χ1v) is 5.41. The highest BCUT2D eigenvalue weighted by atomic mass is 16.3. The Morgan fingerprint density at radius 2 is 2.27 bits per heavy atom. The molecular weight excluding hydrogens is 194 g/mol. The third-order valence-corrected chi connectivity index (χ3v) is 2.80. The molecule has 1 aliphatic rings. The summed E-state index contributed by atoms with van der Waals surface area (Å²) in [4.78, 5) is 15.1. The van der Waals surface area contributed by atoms with Gasteiger partial charge in [0.1, 0.15) is 6.23 Å². The number of nitrogens with two attached hydrogens (primary N) is 1. The van der Waals surface area contributed by atoms with Gasteiger partial charge in [-0.1, -0.05) is 0 Å². The largest absolute Gasteiger partial charge is 0.377 e. The molecule has 1 heterocycles. The summed E-state index contributed by atoms with van der Waals surface area (Å²) in [5.41, 5.74) is 5.73. The standard InChI is InChI=1S/C10H21N3O2/c1-12(2)9(14)7-13-6-4-3-5-8(11)10(13)15/h8-9,14H,3-7,11H2,1-2H3. The summed E-state index contributed by atoms with van der Waals surface area (Å²) in [6.07, 6.45) is 2.10. The monoisotopic (exact) mass is 215 g/mol. The predicted octanol–water partition coefficient (Wildman–Crippen LogP) is -0.794. The molecule has 1 rings (SSSR count). The van der Waals surface area contributed by atoms with Gasteiger partial charge in [-0.2, -0.15) is 0 Å². The molecule has 0 aromatic rings. The Morgan fingerprint density at radius 1 is 1.60 bits per heavy atom. The maximum Gasteiger partial charge on any atom is 0.239 e. The van der Waals surface area contributed by atoms with E-state index in [-0.39, 0.29) is 11.9 Å². The summed E-state index contributed by atoms with van der Waals surface area (Å²) in [5, 5.41) is 9.67. The van der Waals surface area contributed by atoms with E-state index in [0.717, 1.165) is 19.3 Å². The molecule has 1 aliphatic heterocycles. The fourth-order valence-corrected chi connectivity index (χ4v) is 1.68. The molecule has 1 fully saturated rings. The zero-order valence-electron chi connectivity index (χ0n) is 9.52. The Kier molecular flexibility index (Phi) is 4.50. The van der Waals surface area contributed by atoms with E-state index in [4.69, 9.17) is 5.73 Å². The highest BCUT2D eigenvalue weighted by molar-refractivity contribution is 5.81. The molecule has 1 saturated heterocycles. The van der Waals surface area contributed by atoms with Crippen LogP contribution in [0.3, 0.4) is 0 Å². The van der Waals surface area contributed by atoms with E-state index in [1.54, 1.807) is 23.9 Å². The number of rotatable bonds is 3. The first-order chi connectivity index (χ1) is 7.02. The van der Waals surface area contributed by atoms with Crippen molar-refractivity contribution in [2.24, 2.45) is 5.73 Å². The molecule has 15 heavy (non-hydrogen) atoms. The van der Waals surface area contributed by atoms with Crippen LogP contribution in [0, 0.1) is 0 Å². The molecule has 88 valence electrons. The Labute approximate surface area is 90.8 Å². The molecule has 0 radical (unpaired) electrons. The predicted molar refractivity (Wildman–Crippen MR) is 58.1 cm³/mol. The Hall–Kier alpha value is -0.650. The highest BCUT2D eigenvalue weighted by Gasteiger charge is 2.25. The van der Waals surface area contributed by atoms with E-state index in [2.05, 4.69) is 0 Å². The van der Waals surface area contributed by atoms with Crippen molar-refractivity contribution in [3.8, 4) is 0 Å². The van der Waals surface area contributed by atoms with Crippen molar-refractivity contribution < 1.29 is 9.90 Å². The van der Waals surface area contributed by atoms with Crippen molar-refractivity contribution in [1.82, 2.24) is 9.80 Å². The van der Waals surface area contributed by atoms with E-state index in [1.807, 2.05) is 0 Å². The minimum Gasteiger partial charge on any atom is -0.377 e. The van der Waals surface area contributed by atoms with Gasteiger partial charge in [-0.25, -0.2) is 0 Å². The fourth-order valence-electron chi connectivity index (χ4n) is 1.68. The Bertz CT molecular complexity index is 221. The highest BCUT2D eigenvalue weighted by Crippen LogP contribution is 2.11. The van der Waals surface area contributed by atoms with Crippen LogP contribution in [0.4, 0.5) is 0 Å². The van der Waals surface area contributed by atoms with Crippen molar-refractivity contribution in [2.75, 3.05) is 27.2 Å². The van der Waals surface area contributed by atoms with Gasteiger partial charge in [0, 0.05) is 6.54 Å². The summed E-state index contributed by atoms with van der Waals surface area (Å²) < 4.78 is 0. The second kappa shape index (κ2) is 5.44. The molecular formula is C10H21N3O2. The molecule has 2 atom stereocenters. The summed E-state index contributed by atoms with van der Waals surface area (Å²) >= 11 is 0. The normalized spacial score (nSPS) is 25.5. The van der Waals surface area contributed by atoms with Gasteiger partial charge in [0.05, 0.1) is 12.6 Å². The van der Waals surface area contributed by atoms with E-state index >= 15 is 0 Å². The topological polar surface area (TPSA) is 69.8 Å². The molecule has 0 aliphatic carbocycles. The lowest BCUT2D eigenvalue weighted by Gasteiger charge is -2.28. The maximum absolute atomic E-state index is 11.8. The molecule has 0 bridgehead atoms. The van der Waals surface area contributed by atoms with Crippen LogP contribution >= 0.6 is 0 Å². The van der Waals surface area contributed by atoms with Crippen molar-refractivity contribution in [1.29, 1.82) is 0 Å². The third-order valence-electron chi connectivity index (χ3n) is 2.80. The number of likely N-dealkylation sites (tertiary alicyclic amines) is 1. The molecule has 1 amide bonds. The van der Waals surface area contributed by atoms with Crippen LogP contribution < -0.4 is 5.73 Å². The fraction of sp³-hybridized carbons (Fsp3) is 0.900. The minimum atomic E-state index is -0.612. The van der Waals surface area contributed by atoms with E-state index in [0.29, 0.717) is 13.1 Å².